The maximum Gasteiger partial charge on any atom is 0.351 e. The fourth-order valence-corrected chi connectivity index (χ4v) is 2.29. The molecule has 1 fully saturated rings. The van der Waals surface area contributed by atoms with Gasteiger partial charge < -0.3 is 20.3 Å². The van der Waals surface area contributed by atoms with Crippen LogP contribution in [0.3, 0.4) is 0 Å². The van der Waals surface area contributed by atoms with E-state index < -0.39 is 42.6 Å². The van der Waals surface area contributed by atoms with Crippen LogP contribution in [-0.2, 0) is 9.53 Å². The van der Waals surface area contributed by atoms with E-state index in [1.807, 2.05) is 0 Å². The quantitative estimate of drug-likeness (QED) is 0.526. The third-order valence-electron chi connectivity index (χ3n) is 3.25. The number of carbonyl (C=O) groups is 1. The van der Waals surface area contributed by atoms with Crippen LogP contribution < -0.4 is 11.0 Å². The van der Waals surface area contributed by atoms with Crippen molar-refractivity contribution >= 4 is 24.4 Å². The van der Waals surface area contributed by atoms with Gasteiger partial charge in [-0.1, -0.05) is 0 Å². The number of hydrogen-bond donors (Lipinski definition) is 4. The lowest BCUT2D eigenvalue weighted by Gasteiger charge is -2.21. The second kappa shape index (κ2) is 6.91. The summed E-state index contributed by atoms with van der Waals surface area (Å²) in [7, 11) is 0. The topological polar surface area (TPSA) is 114 Å². The predicted molar refractivity (Wildman–Crippen MR) is 77.5 cm³/mol. The van der Waals surface area contributed by atoms with Crippen LogP contribution in [0.1, 0.15) is 12.6 Å². The number of hydrogen-bond acceptors (Lipinski definition) is 7. The van der Waals surface area contributed by atoms with E-state index in [9.17, 15) is 23.5 Å². The summed E-state index contributed by atoms with van der Waals surface area (Å²) in [5.41, 5.74) is -1.09. The monoisotopic (exact) mass is 351 g/mol. The number of carbonyl (C=O) groups excluding carboxylic acids is 1. The fraction of sp³-hybridized carbons (Fsp3) is 0.583. The van der Waals surface area contributed by atoms with Crippen molar-refractivity contribution in [2.75, 3.05) is 17.7 Å². The molecule has 0 aromatic carbocycles. The number of aliphatic hydroxyl groups excluding tert-OH is 2. The lowest BCUT2D eigenvalue weighted by atomic mass is 10.1. The number of anilines is 1. The minimum absolute atomic E-state index is 0.0985. The second-order valence-electron chi connectivity index (χ2n) is 4.85. The molecule has 0 aliphatic carbocycles. The second-order valence-corrected chi connectivity index (χ2v) is 5.30. The van der Waals surface area contributed by atoms with E-state index in [1.165, 1.54) is 0 Å². The minimum atomic E-state index is -3.78. The molecule has 0 spiro atoms. The first-order valence-electron chi connectivity index (χ1n) is 6.63. The number of halogens is 2. The molecule has 1 aliphatic heterocycles. The average molecular weight is 351 g/mol. The standard InChI is InChI=1S/C12H15F2N3O5S/c13-12(14)9(20)6(5-18)22-10(12)17-3-1-7(16-11(17)21)15-8(19)2-4-23/h1,3,6,9-10,18,20,23H,2,4-5H2,(H,15,16,19,21). The third-order valence-corrected chi connectivity index (χ3v) is 3.47. The number of aliphatic hydroxyl groups is 2. The number of nitrogens with one attached hydrogen (secondary N) is 1. The molecular weight excluding hydrogens is 336 g/mol. The van der Waals surface area contributed by atoms with Crippen LogP contribution in [0.15, 0.2) is 17.1 Å². The lowest BCUT2D eigenvalue weighted by molar-refractivity contribution is -0.141. The zero-order valence-electron chi connectivity index (χ0n) is 11.7. The third kappa shape index (κ3) is 3.52. The van der Waals surface area contributed by atoms with Crippen molar-refractivity contribution in [3.63, 3.8) is 0 Å². The number of thiol groups is 1. The largest absolute Gasteiger partial charge is 0.394 e. The molecule has 11 heteroatoms. The highest BCUT2D eigenvalue weighted by Crippen LogP contribution is 2.41. The molecule has 2 rings (SSSR count). The highest BCUT2D eigenvalue weighted by molar-refractivity contribution is 7.80. The molecule has 1 saturated heterocycles. The summed E-state index contributed by atoms with van der Waals surface area (Å²) < 4.78 is 33.3. The smallest absolute Gasteiger partial charge is 0.351 e. The van der Waals surface area contributed by atoms with Crippen LogP contribution in [0, 0.1) is 0 Å². The van der Waals surface area contributed by atoms with Crippen molar-refractivity contribution in [1.29, 1.82) is 0 Å². The normalized spacial score (nSPS) is 26.2. The van der Waals surface area contributed by atoms with Crippen LogP contribution in [0.4, 0.5) is 14.6 Å². The highest BCUT2D eigenvalue weighted by Gasteiger charge is 2.59. The van der Waals surface area contributed by atoms with E-state index in [2.05, 4.69) is 22.9 Å². The summed E-state index contributed by atoms with van der Waals surface area (Å²) >= 11 is 3.88. The molecule has 3 unspecified atom stereocenters. The van der Waals surface area contributed by atoms with Gasteiger partial charge in [-0.05, 0) is 11.8 Å². The predicted octanol–water partition coefficient (Wildman–Crippen LogP) is -0.612. The van der Waals surface area contributed by atoms with Gasteiger partial charge in [-0.15, -0.1) is 0 Å². The van der Waals surface area contributed by atoms with Gasteiger partial charge in [-0.3, -0.25) is 9.36 Å². The van der Waals surface area contributed by atoms with E-state index in [0.717, 1.165) is 12.3 Å². The van der Waals surface area contributed by atoms with E-state index in [4.69, 9.17) is 9.84 Å². The Bertz CT molecular complexity index is 641. The van der Waals surface area contributed by atoms with Crippen LogP contribution in [-0.4, -0.2) is 56.2 Å². The van der Waals surface area contributed by atoms with Crippen molar-refractivity contribution in [3.8, 4) is 0 Å². The molecule has 128 valence electrons. The first-order chi connectivity index (χ1) is 10.8. The zero-order valence-corrected chi connectivity index (χ0v) is 12.6. The van der Waals surface area contributed by atoms with Gasteiger partial charge in [0.25, 0.3) is 0 Å². The molecule has 1 aromatic heterocycles. The van der Waals surface area contributed by atoms with E-state index >= 15 is 0 Å². The maximum atomic E-state index is 14.0. The van der Waals surface area contributed by atoms with Crippen LogP contribution in [0.5, 0.6) is 0 Å². The summed E-state index contributed by atoms with van der Waals surface area (Å²) in [4.78, 5) is 26.7. The average Bonchev–Trinajstić information content (AvgIpc) is 2.70. The first kappa shape index (κ1) is 17.8. The van der Waals surface area contributed by atoms with Gasteiger partial charge in [-0.2, -0.15) is 26.4 Å². The molecule has 3 atom stereocenters. The molecular formula is C12H15F2N3O5S. The van der Waals surface area contributed by atoms with Gasteiger partial charge in [0.05, 0.1) is 6.61 Å². The van der Waals surface area contributed by atoms with Gasteiger partial charge >= 0.3 is 11.6 Å². The summed E-state index contributed by atoms with van der Waals surface area (Å²) in [6, 6.07) is 1.15. The van der Waals surface area contributed by atoms with Gasteiger partial charge in [0, 0.05) is 12.6 Å². The van der Waals surface area contributed by atoms with Crippen LogP contribution >= 0.6 is 12.6 Å². The van der Waals surface area contributed by atoms with Crippen molar-refractivity contribution in [3.05, 3.63) is 22.7 Å². The number of nitrogens with zero attached hydrogens (tertiary/aromatic N) is 2. The Morgan fingerprint density at radius 3 is 2.78 bits per heavy atom. The summed E-state index contributed by atoms with van der Waals surface area (Å²) in [5.74, 6) is -4.01. The minimum Gasteiger partial charge on any atom is -0.394 e. The fourth-order valence-electron chi connectivity index (χ4n) is 2.09. The van der Waals surface area contributed by atoms with E-state index in [1.54, 1.807) is 0 Å². The van der Waals surface area contributed by atoms with Gasteiger partial charge in [0.15, 0.2) is 6.10 Å². The Hall–Kier alpha value is -1.56. The molecule has 3 N–H and O–H groups in total. The Labute approximate surface area is 134 Å². The van der Waals surface area contributed by atoms with Crippen LogP contribution in [0.25, 0.3) is 0 Å². The highest BCUT2D eigenvalue weighted by atomic mass is 32.1. The molecule has 0 radical (unpaired) electrons. The number of alkyl halides is 2. The molecule has 0 bridgehead atoms. The number of amides is 1. The van der Waals surface area contributed by atoms with Crippen molar-refractivity contribution in [1.82, 2.24) is 9.55 Å². The van der Waals surface area contributed by atoms with E-state index in [-0.39, 0.29) is 12.2 Å². The van der Waals surface area contributed by atoms with Crippen LogP contribution in [0.2, 0.25) is 0 Å². The Morgan fingerprint density at radius 1 is 1.57 bits per heavy atom. The first-order valence-corrected chi connectivity index (χ1v) is 7.26. The van der Waals surface area contributed by atoms with Crippen molar-refractivity contribution in [2.24, 2.45) is 0 Å². The number of rotatable bonds is 5. The van der Waals surface area contributed by atoms with Gasteiger partial charge in [-0.25, -0.2) is 4.79 Å². The molecule has 23 heavy (non-hydrogen) atoms. The molecule has 8 nitrogen and oxygen atoms in total. The lowest BCUT2D eigenvalue weighted by Crippen LogP contribution is -2.41. The molecule has 0 saturated carbocycles. The maximum absolute atomic E-state index is 14.0. The molecule has 1 aromatic rings. The number of aromatic nitrogens is 2. The van der Waals surface area contributed by atoms with E-state index in [0.29, 0.717) is 10.3 Å². The molecule has 2 heterocycles. The SMILES string of the molecule is O=C(CCS)Nc1ccn(C2OC(CO)C(O)C2(F)F)c(=O)n1. The van der Waals surface area contributed by atoms with Gasteiger partial charge in [0.1, 0.15) is 11.9 Å². The number of ether oxygens (including phenoxy) is 1. The zero-order chi connectivity index (χ0) is 17.2. The Balaban J connectivity index is 2.24. The Kier molecular flexibility index (Phi) is 5.34. The van der Waals surface area contributed by atoms with Gasteiger partial charge in [0.2, 0.25) is 12.1 Å². The van der Waals surface area contributed by atoms with Crippen molar-refractivity contribution in [2.45, 2.75) is 30.8 Å². The summed E-state index contributed by atoms with van der Waals surface area (Å²) in [6.07, 6.45) is -4.80. The molecule has 1 amide bonds. The molecule has 1 aliphatic rings. The van der Waals surface area contributed by atoms with Crippen molar-refractivity contribution < 1.29 is 28.5 Å². The Morgan fingerprint density at radius 2 is 2.26 bits per heavy atom. The summed E-state index contributed by atoms with van der Waals surface area (Å²) in [5, 5.41) is 20.7. The summed E-state index contributed by atoms with van der Waals surface area (Å²) in [6.45, 7) is -0.826.